The molecule has 1 aliphatic heterocycles. The maximum atomic E-state index is 12.7. The molecule has 1 aromatic heterocycles. The summed E-state index contributed by atoms with van der Waals surface area (Å²) in [5.41, 5.74) is 1.35. The van der Waals surface area contributed by atoms with E-state index < -0.39 is 0 Å². The summed E-state index contributed by atoms with van der Waals surface area (Å²) < 4.78 is 0. The van der Waals surface area contributed by atoms with Crippen LogP contribution >= 0.6 is 22.9 Å². The van der Waals surface area contributed by atoms with Gasteiger partial charge in [0.25, 0.3) is 5.91 Å². The molecule has 1 N–H and O–H groups in total. The predicted octanol–water partition coefficient (Wildman–Crippen LogP) is 4.30. The highest BCUT2D eigenvalue weighted by Gasteiger charge is 2.28. The van der Waals surface area contributed by atoms with Crippen molar-refractivity contribution in [2.75, 3.05) is 16.8 Å². The van der Waals surface area contributed by atoms with E-state index in [2.05, 4.69) is 10.3 Å². The predicted molar refractivity (Wildman–Crippen MR) is 97.2 cm³/mol. The summed E-state index contributed by atoms with van der Waals surface area (Å²) in [5.74, 6) is -0.0648. The number of rotatable bonds is 4. The van der Waals surface area contributed by atoms with Crippen LogP contribution in [0, 0.1) is 0 Å². The van der Waals surface area contributed by atoms with E-state index >= 15 is 0 Å². The highest BCUT2D eigenvalue weighted by Crippen LogP contribution is 2.33. The summed E-state index contributed by atoms with van der Waals surface area (Å²) in [5, 5.41) is 4.02. The Kier molecular flexibility index (Phi) is 4.87. The average Bonchev–Trinajstić information content (AvgIpc) is 3.13. The molecule has 24 heavy (non-hydrogen) atoms. The highest BCUT2D eigenvalue weighted by atomic mass is 35.5. The zero-order valence-electron chi connectivity index (χ0n) is 13.5. The third-order valence-corrected chi connectivity index (χ3v) is 5.11. The maximum absolute atomic E-state index is 12.7. The first-order valence-corrected chi connectivity index (χ1v) is 9.03. The van der Waals surface area contributed by atoms with E-state index in [-0.39, 0.29) is 17.7 Å². The van der Waals surface area contributed by atoms with Crippen LogP contribution in [-0.2, 0) is 4.79 Å². The first kappa shape index (κ1) is 16.9. The third kappa shape index (κ3) is 3.44. The van der Waals surface area contributed by atoms with Crippen molar-refractivity contribution in [3.8, 4) is 0 Å². The molecule has 2 heterocycles. The number of carbonyl (C=O) groups excluding carboxylic acids is 2. The van der Waals surface area contributed by atoms with Crippen LogP contribution in [0.25, 0.3) is 0 Å². The van der Waals surface area contributed by atoms with Crippen LogP contribution in [0.5, 0.6) is 0 Å². The molecule has 7 heteroatoms. The molecule has 1 aliphatic rings. The maximum Gasteiger partial charge on any atom is 0.267 e. The monoisotopic (exact) mass is 363 g/mol. The summed E-state index contributed by atoms with van der Waals surface area (Å²) in [6.07, 6.45) is 1.38. The molecule has 0 bridgehead atoms. The normalized spacial score (nSPS) is 14.5. The summed E-state index contributed by atoms with van der Waals surface area (Å²) in [4.78, 5) is 31.4. The second-order valence-electron chi connectivity index (χ2n) is 5.98. The number of aromatic nitrogens is 1. The van der Waals surface area contributed by atoms with E-state index in [0.717, 1.165) is 6.42 Å². The van der Waals surface area contributed by atoms with E-state index in [1.165, 1.54) is 11.3 Å². The van der Waals surface area contributed by atoms with Crippen molar-refractivity contribution in [3.05, 3.63) is 39.9 Å². The molecule has 1 fully saturated rings. The molecule has 0 unspecified atom stereocenters. The molecular formula is C17H18ClN3O2S. The molecule has 0 spiro atoms. The van der Waals surface area contributed by atoms with Gasteiger partial charge in [-0.1, -0.05) is 42.9 Å². The van der Waals surface area contributed by atoms with E-state index in [9.17, 15) is 9.59 Å². The SMILES string of the molecule is CC(C)c1nc(N2CCCC2=O)sc1C(=O)Nc1cccc(Cl)c1. The fourth-order valence-corrected chi connectivity index (χ4v) is 3.94. The molecule has 0 radical (unpaired) electrons. The van der Waals surface area contributed by atoms with Crippen LogP contribution in [0.15, 0.2) is 24.3 Å². The largest absolute Gasteiger partial charge is 0.321 e. The average molecular weight is 364 g/mol. The van der Waals surface area contributed by atoms with Gasteiger partial charge in [-0.25, -0.2) is 4.98 Å². The molecule has 0 atom stereocenters. The fourth-order valence-electron chi connectivity index (χ4n) is 2.59. The first-order chi connectivity index (χ1) is 11.5. The van der Waals surface area contributed by atoms with Crippen molar-refractivity contribution < 1.29 is 9.59 Å². The molecule has 1 saturated heterocycles. The smallest absolute Gasteiger partial charge is 0.267 e. The van der Waals surface area contributed by atoms with E-state index in [1.807, 2.05) is 13.8 Å². The molecule has 0 saturated carbocycles. The summed E-state index contributed by atoms with van der Waals surface area (Å²) in [7, 11) is 0. The Balaban J connectivity index is 1.89. The lowest BCUT2D eigenvalue weighted by atomic mass is 10.1. The van der Waals surface area contributed by atoms with Crippen LogP contribution in [0.1, 0.15) is 48.0 Å². The second kappa shape index (κ2) is 6.91. The summed E-state index contributed by atoms with van der Waals surface area (Å²) in [6.45, 7) is 4.64. The van der Waals surface area contributed by atoms with Crippen molar-refractivity contribution >= 4 is 45.6 Å². The Morgan fingerprint density at radius 1 is 1.42 bits per heavy atom. The van der Waals surface area contributed by atoms with E-state index in [0.29, 0.717) is 39.4 Å². The van der Waals surface area contributed by atoms with Gasteiger partial charge in [0.15, 0.2) is 5.13 Å². The van der Waals surface area contributed by atoms with Crippen molar-refractivity contribution in [3.63, 3.8) is 0 Å². The van der Waals surface area contributed by atoms with Gasteiger partial charge in [-0.3, -0.25) is 14.5 Å². The molecule has 0 aliphatic carbocycles. The molecule has 126 valence electrons. The summed E-state index contributed by atoms with van der Waals surface area (Å²) in [6, 6.07) is 7.01. The lowest BCUT2D eigenvalue weighted by Gasteiger charge is -2.10. The zero-order valence-corrected chi connectivity index (χ0v) is 15.1. The van der Waals surface area contributed by atoms with Gasteiger partial charge in [0.2, 0.25) is 5.91 Å². The van der Waals surface area contributed by atoms with Gasteiger partial charge < -0.3 is 5.32 Å². The van der Waals surface area contributed by atoms with E-state index in [4.69, 9.17) is 11.6 Å². The minimum Gasteiger partial charge on any atom is -0.321 e. The lowest BCUT2D eigenvalue weighted by Crippen LogP contribution is -2.23. The fraction of sp³-hybridized carbons (Fsp3) is 0.353. The number of hydrogen-bond acceptors (Lipinski definition) is 4. The minimum absolute atomic E-state index is 0.0702. The Hall–Kier alpha value is -1.92. The molecule has 5 nitrogen and oxygen atoms in total. The van der Waals surface area contributed by atoms with Crippen LogP contribution in [0.4, 0.5) is 10.8 Å². The van der Waals surface area contributed by atoms with Gasteiger partial charge in [0, 0.05) is 23.7 Å². The van der Waals surface area contributed by atoms with Gasteiger partial charge >= 0.3 is 0 Å². The molecule has 3 rings (SSSR count). The Morgan fingerprint density at radius 2 is 2.21 bits per heavy atom. The van der Waals surface area contributed by atoms with Crippen molar-refractivity contribution in [2.24, 2.45) is 0 Å². The second-order valence-corrected chi connectivity index (χ2v) is 7.39. The zero-order chi connectivity index (χ0) is 17.3. The number of hydrogen-bond donors (Lipinski definition) is 1. The lowest BCUT2D eigenvalue weighted by molar-refractivity contribution is -0.117. The number of nitrogens with zero attached hydrogens (tertiary/aromatic N) is 2. The van der Waals surface area contributed by atoms with Gasteiger partial charge in [-0.15, -0.1) is 0 Å². The van der Waals surface area contributed by atoms with Crippen molar-refractivity contribution in [1.82, 2.24) is 4.98 Å². The third-order valence-electron chi connectivity index (χ3n) is 3.78. The molecule has 1 aromatic carbocycles. The van der Waals surface area contributed by atoms with Crippen molar-refractivity contribution in [1.29, 1.82) is 0 Å². The quantitative estimate of drug-likeness (QED) is 0.880. The number of carbonyl (C=O) groups is 2. The van der Waals surface area contributed by atoms with Gasteiger partial charge in [-0.2, -0.15) is 0 Å². The number of benzene rings is 1. The van der Waals surface area contributed by atoms with Gasteiger partial charge in [0.1, 0.15) is 4.88 Å². The molecule has 2 amide bonds. The highest BCUT2D eigenvalue weighted by molar-refractivity contribution is 7.18. The van der Waals surface area contributed by atoms with Crippen molar-refractivity contribution in [2.45, 2.75) is 32.6 Å². The van der Waals surface area contributed by atoms with Crippen LogP contribution in [0.2, 0.25) is 5.02 Å². The number of thiazole rings is 1. The number of nitrogens with one attached hydrogen (secondary N) is 1. The Labute approximate surface area is 149 Å². The standard InChI is InChI=1S/C17H18ClN3O2S/c1-10(2)14-15(16(23)19-12-6-3-5-11(18)9-12)24-17(20-14)21-8-4-7-13(21)22/h3,5-6,9-10H,4,7-8H2,1-2H3,(H,19,23). The minimum atomic E-state index is -0.226. The number of anilines is 2. The Bertz CT molecular complexity index is 788. The van der Waals surface area contributed by atoms with Gasteiger partial charge in [0.05, 0.1) is 5.69 Å². The van der Waals surface area contributed by atoms with Gasteiger partial charge in [-0.05, 0) is 30.5 Å². The topological polar surface area (TPSA) is 62.3 Å². The molecular weight excluding hydrogens is 346 g/mol. The van der Waals surface area contributed by atoms with E-state index in [1.54, 1.807) is 29.2 Å². The van der Waals surface area contributed by atoms with Crippen LogP contribution in [0.3, 0.4) is 0 Å². The number of halogens is 1. The van der Waals surface area contributed by atoms with Crippen LogP contribution in [-0.4, -0.2) is 23.3 Å². The molecule has 2 aromatic rings. The number of amides is 2. The Morgan fingerprint density at radius 3 is 2.83 bits per heavy atom. The van der Waals surface area contributed by atoms with Crippen LogP contribution < -0.4 is 10.2 Å². The summed E-state index contributed by atoms with van der Waals surface area (Å²) >= 11 is 7.23. The first-order valence-electron chi connectivity index (χ1n) is 7.83.